The first-order valence-corrected chi connectivity index (χ1v) is 8.40. The predicted molar refractivity (Wildman–Crippen MR) is 88.6 cm³/mol. The number of hydrogen-bond acceptors (Lipinski definition) is 1. The normalized spacial score (nSPS) is 17.1. The number of fused-ring (bicyclic) bond motifs is 1. The van der Waals surface area contributed by atoms with Gasteiger partial charge in [-0.3, -0.25) is 0 Å². The van der Waals surface area contributed by atoms with Crippen LogP contribution in [-0.2, 0) is 21.7 Å². The van der Waals surface area contributed by atoms with Crippen LogP contribution in [0.3, 0.4) is 0 Å². The van der Waals surface area contributed by atoms with E-state index in [0.717, 1.165) is 12.1 Å². The van der Waals surface area contributed by atoms with Crippen molar-refractivity contribution in [2.75, 3.05) is 0 Å². The van der Waals surface area contributed by atoms with Crippen LogP contribution in [0.5, 0.6) is 0 Å². The monoisotopic (exact) mass is 431 g/mol. The Balaban J connectivity index is 0.000000445. The molecule has 0 unspecified atom stereocenters. The Kier molecular flexibility index (Phi) is 11.5. The van der Waals surface area contributed by atoms with Gasteiger partial charge in [-0.05, 0) is 49.9 Å². The van der Waals surface area contributed by atoms with Gasteiger partial charge >= 0.3 is 27.7 Å². The average Bonchev–Trinajstić information content (AvgIpc) is 2.94. The molecule has 0 spiro atoms. The molecule has 0 amide bonds. The van der Waals surface area contributed by atoms with Crippen molar-refractivity contribution in [3.05, 3.63) is 64.4 Å². The van der Waals surface area contributed by atoms with Gasteiger partial charge in [0.1, 0.15) is 5.82 Å². The fourth-order valence-corrected chi connectivity index (χ4v) is 3.71. The molecule has 3 aliphatic carbocycles. The SMILES string of the molecule is O=C(O)c1ccc(F)cc1.[CH-]1CCCC2=C1CC1=C2CCCC1.[Cl-].[Cl-].[Ti+3]. The minimum atomic E-state index is -1.04. The maximum absolute atomic E-state index is 12.2. The van der Waals surface area contributed by atoms with Gasteiger partial charge in [0.05, 0.1) is 5.56 Å². The van der Waals surface area contributed by atoms with E-state index in [0.29, 0.717) is 0 Å². The Morgan fingerprint density at radius 2 is 1.58 bits per heavy atom. The first-order valence-electron chi connectivity index (χ1n) is 8.40. The van der Waals surface area contributed by atoms with Crippen molar-refractivity contribution in [2.45, 2.75) is 51.4 Å². The molecule has 2 nitrogen and oxygen atoms in total. The molecule has 6 heteroatoms. The average molecular weight is 432 g/mol. The second-order valence-electron chi connectivity index (χ2n) is 6.38. The Morgan fingerprint density at radius 1 is 0.962 bits per heavy atom. The summed E-state index contributed by atoms with van der Waals surface area (Å²) in [5.41, 5.74) is 7.16. The van der Waals surface area contributed by atoms with Gasteiger partial charge in [0.2, 0.25) is 0 Å². The molecule has 1 aromatic rings. The van der Waals surface area contributed by atoms with Crippen molar-refractivity contribution in [2.24, 2.45) is 0 Å². The maximum Gasteiger partial charge on any atom is 3.00 e. The molecule has 3 aliphatic rings. The first kappa shape index (κ1) is 25.3. The molecule has 0 heterocycles. The molecular formula is C20H22Cl2FO2Ti. The summed E-state index contributed by atoms with van der Waals surface area (Å²) in [7, 11) is 0. The molecule has 4 rings (SSSR count). The first-order chi connectivity index (χ1) is 11.1. The second-order valence-corrected chi connectivity index (χ2v) is 6.38. The second kappa shape index (κ2) is 11.9. The summed E-state index contributed by atoms with van der Waals surface area (Å²) in [4.78, 5) is 10.2. The van der Waals surface area contributed by atoms with Crippen LogP contribution in [0.1, 0.15) is 61.7 Å². The Hall–Kier alpha value is -0.736. The number of benzene rings is 1. The van der Waals surface area contributed by atoms with Gasteiger partial charge in [0, 0.05) is 0 Å². The zero-order chi connectivity index (χ0) is 16.2. The standard InChI is InChI=1S/C13H17.C7H5FO2.2ClH.Ti/c1-3-7-12-10(5-1)9-11-6-2-4-8-13(11)12;8-6-3-1-5(2-4-6)7(9)10;;;/h5H,1-4,6-9H2;1-4H,(H,9,10);2*1H;/q-1;;;;+3/p-2. The molecule has 0 saturated heterocycles. The summed E-state index contributed by atoms with van der Waals surface area (Å²) in [5, 5.41) is 8.35. The Bertz CT molecular complexity index is 639. The minimum Gasteiger partial charge on any atom is -1.00 e. The van der Waals surface area contributed by atoms with Crippen molar-refractivity contribution >= 4 is 5.97 Å². The predicted octanol–water partition coefficient (Wildman–Crippen LogP) is -0.525. The molecule has 0 saturated carbocycles. The van der Waals surface area contributed by atoms with Gasteiger partial charge in [-0.2, -0.15) is 5.57 Å². The molecule has 26 heavy (non-hydrogen) atoms. The molecule has 1 N–H and O–H groups in total. The zero-order valence-electron chi connectivity index (χ0n) is 14.5. The zero-order valence-corrected chi connectivity index (χ0v) is 17.6. The van der Waals surface area contributed by atoms with E-state index in [2.05, 4.69) is 6.42 Å². The number of hydrogen-bond donors (Lipinski definition) is 1. The van der Waals surface area contributed by atoms with Crippen LogP contribution in [0, 0.1) is 12.2 Å². The number of carboxylic acid groups (broad SMARTS) is 1. The van der Waals surface area contributed by atoms with E-state index < -0.39 is 11.8 Å². The van der Waals surface area contributed by atoms with Gasteiger partial charge in [-0.1, -0.05) is 24.8 Å². The van der Waals surface area contributed by atoms with Crippen molar-refractivity contribution in [1.82, 2.24) is 0 Å². The van der Waals surface area contributed by atoms with E-state index in [1.165, 1.54) is 63.5 Å². The number of allylic oxidation sites excluding steroid dienone is 4. The fourth-order valence-electron chi connectivity index (χ4n) is 3.71. The van der Waals surface area contributed by atoms with Crippen LogP contribution in [0.25, 0.3) is 0 Å². The largest absolute Gasteiger partial charge is 3.00 e. The summed E-state index contributed by atoms with van der Waals surface area (Å²) >= 11 is 0. The number of rotatable bonds is 1. The molecular weight excluding hydrogens is 410 g/mol. The van der Waals surface area contributed by atoms with Crippen LogP contribution in [0.4, 0.5) is 4.39 Å². The Morgan fingerprint density at radius 3 is 2.23 bits per heavy atom. The van der Waals surface area contributed by atoms with E-state index in [-0.39, 0.29) is 52.1 Å². The molecule has 0 atom stereocenters. The topological polar surface area (TPSA) is 37.3 Å². The summed E-state index contributed by atoms with van der Waals surface area (Å²) < 4.78 is 12.2. The van der Waals surface area contributed by atoms with Crippen molar-refractivity contribution in [1.29, 1.82) is 0 Å². The molecule has 0 fully saturated rings. The van der Waals surface area contributed by atoms with E-state index in [4.69, 9.17) is 5.11 Å². The number of aromatic carboxylic acids is 1. The van der Waals surface area contributed by atoms with Gasteiger partial charge in [-0.25, -0.2) is 21.2 Å². The summed E-state index contributed by atoms with van der Waals surface area (Å²) in [6, 6.07) is 4.67. The molecule has 1 aromatic carbocycles. The van der Waals surface area contributed by atoms with Crippen LogP contribution in [-0.4, -0.2) is 11.1 Å². The molecule has 0 bridgehead atoms. The number of carboxylic acids is 1. The molecule has 1 radical (unpaired) electrons. The summed E-state index contributed by atoms with van der Waals surface area (Å²) in [6.07, 6.45) is 13.6. The van der Waals surface area contributed by atoms with Gasteiger partial charge in [0.25, 0.3) is 0 Å². The molecule has 0 aromatic heterocycles. The third kappa shape index (κ3) is 6.16. The van der Waals surface area contributed by atoms with Crippen molar-refractivity contribution in [3.63, 3.8) is 0 Å². The van der Waals surface area contributed by atoms with Gasteiger partial charge < -0.3 is 29.9 Å². The summed E-state index contributed by atoms with van der Waals surface area (Å²) in [6.45, 7) is 0. The smallest absolute Gasteiger partial charge is 1.00 e. The molecule has 0 aliphatic heterocycles. The van der Waals surface area contributed by atoms with Crippen molar-refractivity contribution in [3.8, 4) is 0 Å². The quantitative estimate of drug-likeness (QED) is 0.479. The third-order valence-electron chi connectivity index (χ3n) is 4.85. The number of halogens is 3. The van der Waals surface area contributed by atoms with Crippen LogP contribution in [0.2, 0.25) is 0 Å². The third-order valence-corrected chi connectivity index (χ3v) is 4.85. The number of carbonyl (C=O) groups is 1. The summed E-state index contributed by atoms with van der Waals surface area (Å²) in [5.74, 6) is -1.47. The minimum absolute atomic E-state index is 0. The van der Waals surface area contributed by atoms with Crippen LogP contribution < -0.4 is 24.8 Å². The molecule has 139 valence electrons. The van der Waals surface area contributed by atoms with E-state index in [9.17, 15) is 9.18 Å². The van der Waals surface area contributed by atoms with Crippen molar-refractivity contribution < 1.29 is 60.8 Å². The van der Waals surface area contributed by atoms with Crippen LogP contribution in [0.15, 0.2) is 46.6 Å². The van der Waals surface area contributed by atoms with Gasteiger partial charge in [0.15, 0.2) is 0 Å². The van der Waals surface area contributed by atoms with E-state index >= 15 is 0 Å². The fraction of sp³-hybridized carbons (Fsp3) is 0.400. The van der Waals surface area contributed by atoms with E-state index in [1.54, 1.807) is 22.3 Å². The van der Waals surface area contributed by atoms with Crippen LogP contribution >= 0.6 is 0 Å². The van der Waals surface area contributed by atoms with E-state index in [1.807, 2.05) is 0 Å². The maximum atomic E-state index is 12.2. The Labute approximate surface area is 182 Å². The van der Waals surface area contributed by atoms with Gasteiger partial charge in [-0.15, -0.1) is 12.0 Å².